The largest absolute Gasteiger partial charge is 0.514 e. The van der Waals surface area contributed by atoms with Gasteiger partial charge in [0.15, 0.2) is 0 Å². The lowest BCUT2D eigenvalue weighted by atomic mass is 9.86. The van der Waals surface area contributed by atoms with E-state index in [1.165, 1.54) is 0 Å². The van der Waals surface area contributed by atoms with Crippen molar-refractivity contribution in [2.24, 2.45) is 0 Å². The Hall–Kier alpha value is -2.45. The van der Waals surface area contributed by atoms with Crippen molar-refractivity contribution < 1.29 is 14.3 Å². The van der Waals surface area contributed by atoms with Crippen LogP contribution in [0.2, 0.25) is 5.02 Å². The van der Waals surface area contributed by atoms with Gasteiger partial charge in [-0.05, 0) is 46.2 Å². The van der Waals surface area contributed by atoms with Crippen molar-refractivity contribution in [1.82, 2.24) is 5.32 Å². The molecule has 0 fully saturated rings. The van der Waals surface area contributed by atoms with Gasteiger partial charge in [0, 0.05) is 10.7 Å². The van der Waals surface area contributed by atoms with E-state index in [4.69, 9.17) is 21.1 Å². The van der Waals surface area contributed by atoms with E-state index < -0.39 is 17.7 Å². The Bertz CT molecular complexity index is 798. The minimum Gasteiger partial charge on any atom is -0.428 e. The minimum atomic E-state index is -0.822. The Kier molecular flexibility index (Phi) is 5.44. The van der Waals surface area contributed by atoms with Gasteiger partial charge in [-0.2, -0.15) is 5.26 Å². The van der Waals surface area contributed by atoms with Gasteiger partial charge in [0.25, 0.3) is 0 Å². The lowest BCUT2D eigenvalue weighted by Crippen LogP contribution is -2.29. The zero-order chi connectivity index (χ0) is 18.8. The van der Waals surface area contributed by atoms with E-state index in [0.29, 0.717) is 33.3 Å². The smallest absolute Gasteiger partial charge is 0.428 e. The molecule has 1 aliphatic rings. The Morgan fingerprint density at radius 1 is 1.24 bits per heavy atom. The summed E-state index contributed by atoms with van der Waals surface area (Å²) < 4.78 is 10.7. The van der Waals surface area contributed by atoms with Gasteiger partial charge in [0.05, 0.1) is 23.3 Å². The SMILES string of the molecule is CC1=C(C#N)C(c2ccccc2Cl)C(OC(=O)OC(C)(C)C)=C(C)N1. The molecule has 25 heavy (non-hydrogen) atoms. The van der Waals surface area contributed by atoms with E-state index in [1.807, 2.05) is 12.1 Å². The van der Waals surface area contributed by atoms with Crippen molar-refractivity contribution in [1.29, 1.82) is 5.26 Å². The van der Waals surface area contributed by atoms with Crippen molar-refractivity contribution in [2.75, 3.05) is 0 Å². The summed E-state index contributed by atoms with van der Waals surface area (Å²) in [4.78, 5) is 12.2. The van der Waals surface area contributed by atoms with Crippen LogP contribution in [0.25, 0.3) is 0 Å². The summed E-state index contributed by atoms with van der Waals surface area (Å²) in [5.74, 6) is -0.267. The van der Waals surface area contributed by atoms with Crippen molar-refractivity contribution >= 4 is 17.8 Å². The maximum Gasteiger partial charge on any atom is 0.514 e. The van der Waals surface area contributed by atoms with Crippen LogP contribution in [0.4, 0.5) is 4.79 Å². The van der Waals surface area contributed by atoms with E-state index in [1.54, 1.807) is 46.8 Å². The van der Waals surface area contributed by atoms with Gasteiger partial charge in [-0.1, -0.05) is 29.8 Å². The number of rotatable bonds is 2. The number of nitriles is 1. The number of halogens is 1. The summed E-state index contributed by atoms with van der Waals surface area (Å²) in [6.07, 6.45) is -0.822. The highest BCUT2D eigenvalue weighted by atomic mass is 35.5. The predicted molar refractivity (Wildman–Crippen MR) is 95.7 cm³/mol. The predicted octanol–water partition coefficient (Wildman–Crippen LogP) is 5.01. The van der Waals surface area contributed by atoms with Crippen molar-refractivity contribution in [3.8, 4) is 6.07 Å². The Morgan fingerprint density at radius 3 is 2.44 bits per heavy atom. The molecule has 1 N–H and O–H groups in total. The first kappa shape index (κ1) is 18.9. The number of allylic oxidation sites excluding steroid dienone is 3. The Morgan fingerprint density at radius 2 is 1.88 bits per heavy atom. The highest BCUT2D eigenvalue weighted by molar-refractivity contribution is 6.31. The normalized spacial score (nSPS) is 17.7. The molecule has 6 heteroatoms. The van der Waals surface area contributed by atoms with E-state index in [0.717, 1.165) is 0 Å². The maximum absolute atomic E-state index is 12.2. The summed E-state index contributed by atoms with van der Waals surface area (Å²) >= 11 is 6.34. The molecule has 0 aliphatic carbocycles. The van der Waals surface area contributed by atoms with Crippen LogP contribution >= 0.6 is 11.6 Å². The standard InChI is InChI=1S/C19H21ClN2O3/c1-11-14(10-21)16(13-8-6-7-9-15(13)20)17(12(2)22-11)24-18(23)25-19(3,4)5/h6-9,16,22H,1-5H3. The fraction of sp³-hybridized carbons (Fsp3) is 0.368. The molecule has 1 atom stereocenters. The van der Waals surface area contributed by atoms with Gasteiger partial charge >= 0.3 is 6.16 Å². The molecular weight excluding hydrogens is 340 g/mol. The summed E-state index contributed by atoms with van der Waals surface area (Å²) in [6.45, 7) is 8.85. The molecule has 0 spiro atoms. The topological polar surface area (TPSA) is 71.3 Å². The number of dihydropyridines is 1. The van der Waals surface area contributed by atoms with Crippen LogP contribution in [-0.4, -0.2) is 11.8 Å². The van der Waals surface area contributed by atoms with Gasteiger partial charge < -0.3 is 14.8 Å². The number of hydrogen-bond donors (Lipinski definition) is 1. The molecule has 1 aromatic rings. The van der Waals surface area contributed by atoms with Crippen LogP contribution in [0, 0.1) is 11.3 Å². The zero-order valence-electron chi connectivity index (χ0n) is 14.9. The molecule has 0 radical (unpaired) electrons. The molecule has 132 valence electrons. The summed E-state index contributed by atoms with van der Waals surface area (Å²) in [5, 5.41) is 13.2. The third-order valence-corrected chi connectivity index (χ3v) is 3.96. The first-order valence-corrected chi connectivity index (χ1v) is 8.25. The summed E-state index contributed by atoms with van der Waals surface area (Å²) in [7, 11) is 0. The van der Waals surface area contributed by atoms with Crippen LogP contribution in [0.3, 0.4) is 0 Å². The lowest BCUT2D eigenvalue weighted by Gasteiger charge is -2.29. The molecular formula is C19H21ClN2O3. The molecule has 1 aromatic carbocycles. The fourth-order valence-electron chi connectivity index (χ4n) is 2.62. The monoisotopic (exact) mass is 360 g/mol. The average molecular weight is 361 g/mol. The lowest BCUT2D eigenvalue weighted by molar-refractivity contribution is 0.00408. The number of nitrogens with one attached hydrogen (secondary N) is 1. The second kappa shape index (κ2) is 7.20. The summed E-state index contributed by atoms with van der Waals surface area (Å²) in [6, 6.07) is 9.38. The Labute approximate surface area is 152 Å². The Balaban J connectivity index is 2.48. The number of nitrogens with zero attached hydrogens (tertiary/aromatic N) is 1. The summed E-state index contributed by atoms with van der Waals surface area (Å²) in [5.41, 5.74) is 1.78. The van der Waals surface area contributed by atoms with Crippen LogP contribution in [-0.2, 0) is 9.47 Å². The molecule has 5 nitrogen and oxygen atoms in total. The maximum atomic E-state index is 12.2. The molecule has 0 amide bonds. The second-order valence-corrected chi connectivity index (χ2v) is 7.19. The average Bonchev–Trinajstić information content (AvgIpc) is 2.48. The van der Waals surface area contributed by atoms with Gasteiger partial charge in [0.2, 0.25) is 0 Å². The third kappa shape index (κ3) is 4.34. The quantitative estimate of drug-likeness (QED) is 0.751. The van der Waals surface area contributed by atoms with E-state index >= 15 is 0 Å². The second-order valence-electron chi connectivity index (χ2n) is 6.79. The first-order valence-electron chi connectivity index (χ1n) is 7.88. The number of carbonyl (C=O) groups is 1. The van der Waals surface area contributed by atoms with Crippen LogP contribution < -0.4 is 5.32 Å². The van der Waals surface area contributed by atoms with Crippen LogP contribution in [0.5, 0.6) is 0 Å². The molecule has 0 aromatic heterocycles. The van der Waals surface area contributed by atoms with Crippen molar-refractivity contribution in [3.63, 3.8) is 0 Å². The van der Waals surface area contributed by atoms with Gasteiger partial charge in [-0.25, -0.2) is 4.79 Å². The highest BCUT2D eigenvalue weighted by Crippen LogP contribution is 2.41. The van der Waals surface area contributed by atoms with Gasteiger partial charge in [-0.15, -0.1) is 0 Å². The van der Waals surface area contributed by atoms with Gasteiger partial charge in [-0.3, -0.25) is 0 Å². The van der Waals surface area contributed by atoms with E-state index in [-0.39, 0.29) is 0 Å². The number of carbonyl (C=O) groups excluding carboxylic acids is 1. The first-order chi connectivity index (χ1) is 11.6. The number of ether oxygens (including phenoxy) is 2. The molecule has 2 rings (SSSR count). The minimum absolute atomic E-state index is 0.310. The van der Waals surface area contributed by atoms with Crippen LogP contribution in [0.15, 0.2) is 47.0 Å². The van der Waals surface area contributed by atoms with Gasteiger partial charge in [0.1, 0.15) is 11.4 Å². The highest BCUT2D eigenvalue weighted by Gasteiger charge is 2.34. The fourth-order valence-corrected chi connectivity index (χ4v) is 2.87. The molecule has 1 aliphatic heterocycles. The van der Waals surface area contributed by atoms with Crippen molar-refractivity contribution in [2.45, 2.75) is 46.1 Å². The molecule has 1 heterocycles. The number of hydrogen-bond acceptors (Lipinski definition) is 5. The van der Waals surface area contributed by atoms with E-state index in [9.17, 15) is 10.1 Å². The van der Waals surface area contributed by atoms with Crippen LogP contribution in [0.1, 0.15) is 46.1 Å². The molecule has 0 saturated heterocycles. The molecule has 0 bridgehead atoms. The zero-order valence-corrected chi connectivity index (χ0v) is 15.7. The third-order valence-electron chi connectivity index (χ3n) is 3.62. The molecule has 0 saturated carbocycles. The van der Waals surface area contributed by atoms with E-state index in [2.05, 4.69) is 11.4 Å². The molecule has 1 unspecified atom stereocenters. The van der Waals surface area contributed by atoms with Crippen molar-refractivity contribution in [3.05, 3.63) is 57.6 Å². The number of benzene rings is 1.